The summed E-state index contributed by atoms with van der Waals surface area (Å²) >= 11 is 0. The molecule has 2 aromatic rings. The standard InChI is InChI=1S/C17H18FN3O3/c18-13-2-1-3-15(8-13)24-16-5-4-14(10-19-16)21-17(22)20-9-12-6-7-23-11-12/h1-5,8,10,12H,6-7,9,11H2,(H2,20,21,22)/t12-/m1/s1. The number of halogens is 1. The molecular weight excluding hydrogens is 313 g/mol. The van der Waals surface area contributed by atoms with E-state index in [0.717, 1.165) is 13.0 Å². The third-order valence-corrected chi connectivity index (χ3v) is 3.59. The van der Waals surface area contributed by atoms with Gasteiger partial charge in [0.05, 0.1) is 18.5 Å². The average Bonchev–Trinajstić information content (AvgIpc) is 3.08. The first-order valence-corrected chi connectivity index (χ1v) is 7.71. The third kappa shape index (κ3) is 4.66. The van der Waals surface area contributed by atoms with Crippen molar-refractivity contribution in [3.8, 4) is 11.6 Å². The molecule has 1 atom stereocenters. The van der Waals surface area contributed by atoms with Crippen LogP contribution in [0.15, 0.2) is 42.6 Å². The minimum absolute atomic E-state index is 0.289. The van der Waals surface area contributed by atoms with Gasteiger partial charge in [-0.25, -0.2) is 14.2 Å². The minimum Gasteiger partial charge on any atom is -0.439 e. The number of rotatable bonds is 5. The molecule has 1 aromatic heterocycles. The van der Waals surface area contributed by atoms with E-state index in [1.165, 1.54) is 18.3 Å². The monoisotopic (exact) mass is 331 g/mol. The fourth-order valence-corrected chi connectivity index (χ4v) is 2.32. The fourth-order valence-electron chi connectivity index (χ4n) is 2.32. The SMILES string of the molecule is O=C(NC[C@H]1CCOC1)Nc1ccc(Oc2cccc(F)c2)nc1. The summed E-state index contributed by atoms with van der Waals surface area (Å²) in [5, 5.41) is 5.50. The second-order valence-electron chi connectivity index (χ2n) is 5.51. The maximum Gasteiger partial charge on any atom is 0.319 e. The number of amides is 2. The van der Waals surface area contributed by atoms with Crippen LogP contribution in [-0.4, -0.2) is 30.8 Å². The molecule has 24 heavy (non-hydrogen) atoms. The smallest absolute Gasteiger partial charge is 0.319 e. The minimum atomic E-state index is -0.380. The summed E-state index contributed by atoms with van der Waals surface area (Å²) in [6.45, 7) is 2.03. The number of nitrogens with zero attached hydrogens (tertiary/aromatic N) is 1. The molecule has 7 heteroatoms. The molecule has 1 saturated heterocycles. The van der Waals surface area contributed by atoms with Gasteiger partial charge in [-0.05, 0) is 24.6 Å². The van der Waals surface area contributed by atoms with Crippen molar-refractivity contribution in [1.82, 2.24) is 10.3 Å². The molecule has 2 amide bonds. The first kappa shape index (κ1) is 16.2. The molecule has 0 unspecified atom stereocenters. The Labute approximate surface area is 139 Å². The molecule has 1 aliphatic rings. The van der Waals surface area contributed by atoms with Gasteiger partial charge >= 0.3 is 6.03 Å². The molecule has 2 heterocycles. The fraction of sp³-hybridized carbons (Fsp3) is 0.294. The molecule has 2 N–H and O–H groups in total. The van der Waals surface area contributed by atoms with Crippen molar-refractivity contribution in [3.63, 3.8) is 0 Å². The lowest BCUT2D eigenvalue weighted by Crippen LogP contribution is -2.33. The first-order chi connectivity index (χ1) is 11.7. The summed E-state index contributed by atoms with van der Waals surface area (Å²) < 4.78 is 23.8. The van der Waals surface area contributed by atoms with Crippen LogP contribution in [0.25, 0.3) is 0 Å². The van der Waals surface area contributed by atoms with Gasteiger partial charge in [0, 0.05) is 31.2 Å². The van der Waals surface area contributed by atoms with Gasteiger partial charge in [-0.15, -0.1) is 0 Å². The van der Waals surface area contributed by atoms with E-state index in [1.54, 1.807) is 24.3 Å². The zero-order valence-corrected chi connectivity index (χ0v) is 13.0. The van der Waals surface area contributed by atoms with Gasteiger partial charge in [0.2, 0.25) is 5.88 Å². The van der Waals surface area contributed by atoms with E-state index in [-0.39, 0.29) is 11.8 Å². The highest BCUT2D eigenvalue weighted by molar-refractivity contribution is 5.89. The van der Waals surface area contributed by atoms with Crippen LogP contribution in [-0.2, 0) is 4.74 Å². The predicted octanol–water partition coefficient (Wildman–Crippen LogP) is 3.17. The highest BCUT2D eigenvalue weighted by Gasteiger charge is 2.16. The number of benzene rings is 1. The van der Waals surface area contributed by atoms with Crippen LogP contribution in [0.2, 0.25) is 0 Å². The Morgan fingerprint density at radius 2 is 2.29 bits per heavy atom. The van der Waals surface area contributed by atoms with Crippen LogP contribution in [0, 0.1) is 11.7 Å². The Hall–Kier alpha value is -2.67. The molecule has 0 aliphatic carbocycles. The molecule has 1 aliphatic heterocycles. The molecule has 0 radical (unpaired) electrons. The summed E-state index contributed by atoms with van der Waals surface area (Å²) in [6, 6.07) is 8.78. The number of hydrogen-bond donors (Lipinski definition) is 2. The van der Waals surface area contributed by atoms with Crippen LogP contribution in [0.4, 0.5) is 14.9 Å². The Morgan fingerprint density at radius 3 is 3.00 bits per heavy atom. The van der Waals surface area contributed by atoms with Gasteiger partial charge in [0.25, 0.3) is 0 Å². The summed E-state index contributed by atoms with van der Waals surface area (Å²) in [5.41, 5.74) is 0.543. The largest absolute Gasteiger partial charge is 0.439 e. The molecule has 1 aromatic carbocycles. The second-order valence-corrected chi connectivity index (χ2v) is 5.51. The van der Waals surface area contributed by atoms with Gasteiger partial charge in [0.15, 0.2) is 0 Å². The zero-order valence-electron chi connectivity index (χ0n) is 13.0. The van der Waals surface area contributed by atoms with Crippen molar-refractivity contribution in [2.45, 2.75) is 6.42 Å². The lowest BCUT2D eigenvalue weighted by Gasteiger charge is -2.11. The summed E-state index contributed by atoms with van der Waals surface area (Å²) in [6.07, 6.45) is 2.45. The summed E-state index contributed by atoms with van der Waals surface area (Å²) in [7, 11) is 0. The van der Waals surface area contributed by atoms with Crippen molar-refractivity contribution < 1.29 is 18.7 Å². The number of aromatic nitrogens is 1. The van der Waals surface area contributed by atoms with E-state index < -0.39 is 0 Å². The number of ether oxygens (including phenoxy) is 2. The van der Waals surface area contributed by atoms with Crippen molar-refractivity contribution in [2.75, 3.05) is 25.1 Å². The topological polar surface area (TPSA) is 72.5 Å². The van der Waals surface area contributed by atoms with E-state index in [0.29, 0.717) is 36.4 Å². The van der Waals surface area contributed by atoms with E-state index in [9.17, 15) is 9.18 Å². The predicted molar refractivity (Wildman–Crippen MR) is 86.7 cm³/mol. The Bertz CT molecular complexity index is 688. The Kier molecular flexibility index (Phi) is 5.22. The summed E-state index contributed by atoms with van der Waals surface area (Å²) in [4.78, 5) is 15.9. The number of urea groups is 1. The Balaban J connectivity index is 1.49. The van der Waals surface area contributed by atoms with Crippen LogP contribution in [0.3, 0.4) is 0 Å². The zero-order chi connectivity index (χ0) is 16.8. The number of anilines is 1. The number of carbonyl (C=O) groups excluding carboxylic acids is 1. The van der Waals surface area contributed by atoms with Gasteiger partial charge in [-0.3, -0.25) is 0 Å². The molecular formula is C17H18FN3O3. The van der Waals surface area contributed by atoms with Crippen molar-refractivity contribution in [1.29, 1.82) is 0 Å². The highest BCUT2D eigenvalue weighted by atomic mass is 19.1. The van der Waals surface area contributed by atoms with Crippen LogP contribution < -0.4 is 15.4 Å². The van der Waals surface area contributed by atoms with E-state index in [1.807, 2.05) is 0 Å². The third-order valence-electron chi connectivity index (χ3n) is 3.59. The number of nitrogens with one attached hydrogen (secondary N) is 2. The van der Waals surface area contributed by atoms with E-state index in [4.69, 9.17) is 9.47 Å². The molecule has 126 valence electrons. The number of pyridine rings is 1. The number of hydrogen-bond acceptors (Lipinski definition) is 4. The second kappa shape index (κ2) is 7.74. The lowest BCUT2D eigenvalue weighted by molar-refractivity contribution is 0.185. The van der Waals surface area contributed by atoms with Crippen LogP contribution in [0.1, 0.15) is 6.42 Å². The van der Waals surface area contributed by atoms with Gasteiger partial charge in [-0.1, -0.05) is 6.07 Å². The van der Waals surface area contributed by atoms with Gasteiger partial charge in [-0.2, -0.15) is 0 Å². The normalized spacial score (nSPS) is 16.6. The van der Waals surface area contributed by atoms with Crippen molar-refractivity contribution >= 4 is 11.7 Å². The van der Waals surface area contributed by atoms with Gasteiger partial charge < -0.3 is 20.1 Å². The summed E-state index contributed by atoms with van der Waals surface area (Å²) in [5.74, 6) is 0.667. The maximum atomic E-state index is 13.1. The first-order valence-electron chi connectivity index (χ1n) is 7.71. The van der Waals surface area contributed by atoms with Crippen molar-refractivity contribution in [2.24, 2.45) is 5.92 Å². The average molecular weight is 331 g/mol. The maximum absolute atomic E-state index is 13.1. The molecule has 3 rings (SSSR count). The molecule has 1 fully saturated rings. The highest BCUT2D eigenvalue weighted by Crippen LogP contribution is 2.21. The number of carbonyl (C=O) groups is 1. The van der Waals surface area contributed by atoms with Crippen LogP contribution >= 0.6 is 0 Å². The Morgan fingerprint density at radius 1 is 1.38 bits per heavy atom. The lowest BCUT2D eigenvalue weighted by atomic mass is 10.1. The quantitative estimate of drug-likeness (QED) is 0.883. The van der Waals surface area contributed by atoms with Crippen LogP contribution in [0.5, 0.6) is 11.6 Å². The van der Waals surface area contributed by atoms with Gasteiger partial charge in [0.1, 0.15) is 11.6 Å². The van der Waals surface area contributed by atoms with E-state index >= 15 is 0 Å². The molecule has 0 spiro atoms. The molecule has 0 bridgehead atoms. The molecule has 6 nitrogen and oxygen atoms in total. The van der Waals surface area contributed by atoms with Crippen molar-refractivity contribution in [3.05, 3.63) is 48.4 Å². The molecule has 0 saturated carbocycles. The van der Waals surface area contributed by atoms with E-state index in [2.05, 4.69) is 15.6 Å².